The van der Waals surface area contributed by atoms with Crippen LogP contribution in [-0.4, -0.2) is 75.5 Å². The zero-order valence-corrected chi connectivity index (χ0v) is 44.4. The number of carboxylic acids is 1. The smallest absolute Gasteiger partial charge is 0.306 e. The first kappa shape index (κ1) is 64.7. The highest BCUT2D eigenvalue weighted by atomic mass is 16.6. The zero-order chi connectivity index (χ0) is 50.6. The van der Waals surface area contributed by atoms with E-state index in [0.717, 1.165) is 122 Å². The molecule has 0 bridgehead atoms. The van der Waals surface area contributed by atoms with Crippen molar-refractivity contribution in [3.63, 3.8) is 0 Å². The number of nitrogens with zero attached hydrogens (tertiary/aromatic N) is 1. The topological polar surface area (TPSA) is 102 Å². The van der Waals surface area contributed by atoms with Crippen molar-refractivity contribution in [3.05, 3.63) is 122 Å². The molecule has 0 heterocycles. The normalized spacial score (nSPS) is 13.8. The van der Waals surface area contributed by atoms with E-state index in [1.165, 1.54) is 38.5 Å². The first-order chi connectivity index (χ1) is 33.6. The van der Waals surface area contributed by atoms with E-state index >= 15 is 0 Å². The van der Waals surface area contributed by atoms with Crippen LogP contribution in [0.25, 0.3) is 0 Å². The van der Waals surface area contributed by atoms with Gasteiger partial charge in [-0.15, -0.1) is 0 Å². The van der Waals surface area contributed by atoms with Gasteiger partial charge >= 0.3 is 11.9 Å². The van der Waals surface area contributed by atoms with Gasteiger partial charge in [0.15, 0.2) is 6.10 Å². The molecule has 0 aliphatic rings. The second-order valence-corrected chi connectivity index (χ2v) is 18.7. The Morgan fingerprint density at radius 2 is 0.768 bits per heavy atom. The summed E-state index contributed by atoms with van der Waals surface area (Å²) in [5.41, 5.74) is 0. The summed E-state index contributed by atoms with van der Waals surface area (Å²) >= 11 is 0. The Morgan fingerprint density at radius 3 is 1.13 bits per heavy atom. The van der Waals surface area contributed by atoms with E-state index in [2.05, 4.69) is 135 Å². The number of ether oxygens (including phenoxy) is 3. The molecule has 0 aliphatic carbocycles. The summed E-state index contributed by atoms with van der Waals surface area (Å²) in [6, 6.07) is -0.740. The fourth-order valence-electron chi connectivity index (χ4n) is 7.24. The molecule has 0 radical (unpaired) electrons. The second kappa shape index (κ2) is 50.1. The van der Waals surface area contributed by atoms with E-state index in [4.69, 9.17) is 14.2 Å². The fourth-order valence-corrected chi connectivity index (χ4v) is 7.24. The number of carbonyl (C=O) groups is 3. The van der Waals surface area contributed by atoms with Crippen molar-refractivity contribution in [2.45, 2.75) is 206 Å². The fraction of sp³-hybridized carbons (Fsp3) is 0.623. The molecule has 2 unspecified atom stereocenters. The van der Waals surface area contributed by atoms with Crippen LogP contribution in [0.1, 0.15) is 194 Å². The van der Waals surface area contributed by atoms with Gasteiger partial charge < -0.3 is 28.6 Å². The molecule has 2 atom stereocenters. The highest BCUT2D eigenvalue weighted by Gasteiger charge is 2.25. The summed E-state index contributed by atoms with van der Waals surface area (Å²) in [4.78, 5) is 37.1. The number of allylic oxidation sites excluding steroid dienone is 20. The highest BCUT2D eigenvalue weighted by molar-refractivity contribution is 5.70. The van der Waals surface area contributed by atoms with Crippen molar-refractivity contribution < 1.29 is 38.2 Å². The molecule has 390 valence electrons. The minimum Gasteiger partial charge on any atom is -0.544 e. The van der Waals surface area contributed by atoms with Crippen LogP contribution in [0.15, 0.2) is 122 Å². The number of hydrogen-bond acceptors (Lipinski definition) is 7. The van der Waals surface area contributed by atoms with E-state index in [1.807, 2.05) is 0 Å². The van der Waals surface area contributed by atoms with Crippen LogP contribution in [0.3, 0.4) is 0 Å². The molecule has 0 saturated heterocycles. The number of hydrogen-bond donors (Lipinski definition) is 0. The van der Waals surface area contributed by atoms with E-state index in [0.29, 0.717) is 6.42 Å². The van der Waals surface area contributed by atoms with Crippen molar-refractivity contribution in [2.75, 3.05) is 41.0 Å². The number of carbonyl (C=O) groups excluding carboxylic acids is 3. The molecule has 69 heavy (non-hydrogen) atoms. The van der Waals surface area contributed by atoms with Crippen molar-refractivity contribution in [1.29, 1.82) is 0 Å². The Balaban J connectivity index is 4.31. The number of likely N-dealkylation sites (N-methyl/N-ethyl adjacent to an activating group) is 1. The van der Waals surface area contributed by atoms with Gasteiger partial charge in [-0.2, -0.15) is 0 Å². The molecule has 0 amide bonds. The van der Waals surface area contributed by atoms with E-state index in [1.54, 1.807) is 21.1 Å². The molecule has 0 aromatic rings. The van der Waals surface area contributed by atoms with Gasteiger partial charge in [-0.1, -0.05) is 193 Å². The monoisotopic (exact) mass is 958 g/mol. The van der Waals surface area contributed by atoms with Gasteiger partial charge in [-0.25, -0.2) is 0 Å². The average Bonchev–Trinajstić information content (AvgIpc) is 3.31. The first-order valence-electron chi connectivity index (χ1n) is 27.1. The molecule has 0 aromatic heterocycles. The van der Waals surface area contributed by atoms with Crippen molar-refractivity contribution in [3.8, 4) is 0 Å². The summed E-state index contributed by atoms with van der Waals surface area (Å²) in [5, 5.41) is 11.7. The summed E-state index contributed by atoms with van der Waals surface area (Å²) < 4.78 is 17.2. The van der Waals surface area contributed by atoms with Crippen LogP contribution in [-0.2, 0) is 28.6 Å². The van der Waals surface area contributed by atoms with Gasteiger partial charge in [-0.3, -0.25) is 9.59 Å². The van der Waals surface area contributed by atoms with Gasteiger partial charge in [0.1, 0.15) is 12.6 Å². The predicted molar refractivity (Wildman–Crippen MR) is 291 cm³/mol. The molecule has 0 saturated carbocycles. The first-order valence-corrected chi connectivity index (χ1v) is 27.1. The van der Waals surface area contributed by atoms with Crippen LogP contribution in [0, 0.1) is 0 Å². The van der Waals surface area contributed by atoms with Gasteiger partial charge in [-0.05, 0) is 103 Å². The molecular formula is C61H99NO7. The lowest BCUT2D eigenvalue weighted by Gasteiger charge is -2.34. The number of rotatable bonds is 47. The Morgan fingerprint density at radius 1 is 0.435 bits per heavy atom. The predicted octanol–water partition coefficient (Wildman–Crippen LogP) is 14.8. The van der Waals surface area contributed by atoms with Crippen molar-refractivity contribution >= 4 is 17.9 Å². The highest BCUT2D eigenvalue weighted by Crippen LogP contribution is 2.14. The minimum atomic E-state index is -1.13. The molecule has 8 nitrogen and oxygen atoms in total. The molecule has 0 N–H and O–H groups in total. The van der Waals surface area contributed by atoms with Crippen LogP contribution in [0.4, 0.5) is 0 Å². The lowest BCUT2D eigenvalue weighted by atomic mass is 10.1. The maximum Gasteiger partial charge on any atom is 0.306 e. The standard InChI is InChI=1S/C61H99NO7/c1-6-8-10-12-14-16-18-20-22-24-26-28-30-32-34-36-38-40-42-44-46-48-50-52-60(64)69-57(55-67-54-53-58(61(65)66)62(3,4)5)56-68-59(63)51-49-47-45-43-41-39-37-35-33-31-29-27-25-23-21-19-17-15-13-11-9-7-2/h8-11,14-17,20-23,26-29,32,34,38,40,57-58H,6-7,12-13,18-19,24-25,30-31,33,35-37,39,41-56H2,1-5H3/b10-8+,11-9+,16-14+,17-15+,22-20+,23-21+,28-26+,29-27+,34-32+,40-38+. The summed E-state index contributed by atoms with van der Waals surface area (Å²) in [6.07, 6.45) is 70.9. The van der Waals surface area contributed by atoms with Crippen LogP contribution in [0.5, 0.6) is 0 Å². The summed E-state index contributed by atoms with van der Waals surface area (Å²) in [7, 11) is 5.40. The third-order valence-electron chi connectivity index (χ3n) is 11.3. The minimum absolute atomic E-state index is 0.0202. The SMILES string of the molecule is CC/C=C/C/C=C/C/C=C/C/C=C/C/C=C/C/C=C/CCCCCCC(=O)OC(COCCC(C(=O)[O-])[N+](C)(C)C)COC(=O)CCCCCCCCCCC/C=C/C/C=C/C/C=C/C/C=C/CC. The van der Waals surface area contributed by atoms with Gasteiger partial charge in [0.2, 0.25) is 0 Å². The number of quaternary nitrogens is 1. The zero-order valence-electron chi connectivity index (χ0n) is 44.4. The van der Waals surface area contributed by atoms with Crippen LogP contribution in [0.2, 0.25) is 0 Å². The molecule has 8 heteroatoms. The largest absolute Gasteiger partial charge is 0.544 e. The van der Waals surface area contributed by atoms with E-state index in [9.17, 15) is 19.5 Å². The maximum atomic E-state index is 12.8. The maximum absolute atomic E-state index is 12.8. The summed E-state index contributed by atoms with van der Waals surface area (Å²) in [6.45, 7) is 4.40. The average molecular weight is 958 g/mol. The van der Waals surface area contributed by atoms with Gasteiger partial charge in [0, 0.05) is 19.3 Å². The lowest BCUT2D eigenvalue weighted by Crippen LogP contribution is -2.55. The van der Waals surface area contributed by atoms with E-state index < -0.39 is 18.1 Å². The van der Waals surface area contributed by atoms with Crippen LogP contribution >= 0.6 is 0 Å². The van der Waals surface area contributed by atoms with Crippen molar-refractivity contribution in [1.82, 2.24) is 0 Å². The molecule has 0 spiro atoms. The number of aliphatic carboxylic acids is 1. The third kappa shape index (κ3) is 48.5. The Bertz CT molecular complexity index is 1540. The Kier molecular flexibility index (Phi) is 47.0. The van der Waals surface area contributed by atoms with Crippen LogP contribution < -0.4 is 5.11 Å². The Labute approximate surface area is 422 Å². The van der Waals surface area contributed by atoms with E-state index in [-0.39, 0.29) is 49.1 Å². The number of carboxylic acid groups (broad SMARTS) is 1. The molecule has 0 aliphatic heterocycles. The summed E-state index contributed by atoms with van der Waals surface area (Å²) in [5.74, 6) is -1.79. The molecule has 0 aromatic carbocycles. The number of esters is 2. The number of unbranched alkanes of at least 4 members (excludes halogenated alkanes) is 13. The second-order valence-electron chi connectivity index (χ2n) is 18.7. The third-order valence-corrected chi connectivity index (χ3v) is 11.3. The molecular weight excluding hydrogens is 859 g/mol. The van der Waals surface area contributed by atoms with Gasteiger partial charge in [0.25, 0.3) is 0 Å². The van der Waals surface area contributed by atoms with Gasteiger partial charge in [0.05, 0.1) is 40.3 Å². The quantitative estimate of drug-likeness (QED) is 0.0259. The van der Waals surface area contributed by atoms with Crippen molar-refractivity contribution in [2.24, 2.45) is 0 Å². The Hall–Kier alpha value is -4.27. The molecule has 0 rings (SSSR count). The lowest BCUT2D eigenvalue weighted by molar-refractivity contribution is -0.889. The molecule has 0 fully saturated rings.